The smallest absolute Gasteiger partial charge is 0.101 e. The summed E-state index contributed by atoms with van der Waals surface area (Å²) in [5, 5.41) is 9.82. The van der Waals surface area contributed by atoms with E-state index in [4.69, 9.17) is 11.6 Å². The van der Waals surface area contributed by atoms with Gasteiger partial charge < -0.3 is 4.90 Å². The molecule has 1 atom stereocenters. The Morgan fingerprint density at radius 1 is 1.47 bits per heavy atom. The van der Waals surface area contributed by atoms with Crippen molar-refractivity contribution >= 4 is 17.3 Å². The fraction of sp³-hybridized carbons (Fsp3) is 0.500. The molecule has 90 valence electrons. The van der Waals surface area contributed by atoms with Crippen molar-refractivity contribution in [3.8, 4) is 6.07 Å². The molecule has 0 aliphatic carbocycles. The number of benzene rings is 1. The standard InChI is InChI=1S/C14H17ClN2/c1-10(2)13-4-3-7-17(13)14-6-5-12(15)8-11(14)9-16/h5-6,8,10,13H,3-4,7H2,1-2H3. The fourth-order valence-corrected chi connectivity index (χ4v) is 2.81. The van der Waals surface area contributed by atoms with E-state index in [1.54, 1.807) is 6.07 Å². The van der Waals surface area contributed by atoms with E-state index in [1.807, 2.05) is 12.1 Å². The van der Waals surface area contributed by atoms with E-state index in [2.05, 4.69) is 24.8 Å². The van der Waals surface area contributed by atoms with Crippen LogP contribution in [0.15, 0.2) is 18.2 Å². The summed E-state index contributed by atoms with van der Waals surface area (Å²) in [6, 6.07) is 8.39. The summed E-state index contributed by atoms with van der Waals surface area (Å²) in [6.07, 6.45) is 2.42. The first-order valence-electron chi connectivity index (χ1n) is 6.09. The second-order valence-corrected chi connectivity index (χ2v) is 5.36. The van der Waals surface area contributed by atoms with Gasteiger partial charge in [-0.15, -0.1) is 0 Å². The molecule has 2 nitrogen and oxygen atoms in total. The molecule has 3 heteroatoms. The third-order valence-corrected chi connectivity index (χ3v) is 3.69. The number of nitriles is 1. The van der Waals surface area contributed by atoms with E-state index in [0.29, 0.717) is 22.5 Å². The highest BCUT2D eigenvalue weighted by Gasteiger charge is 2.28. The lowest BCUT2D eigenvalue weighted by atomic mass is 10.0. The Bertz CT molecular complexity index is 448. The van der Waals surface area contributed by atoms with Crippen LogP contribution in [0.4, 0.5) is 5.69 Å². The molecule has 17 heavy (non-hydrogen) atoms. The van der Waals surface area contributed by atoms with Gasteiger partial charge in [-0.2, -0.15) is 5.26 Å². The summed E-state index contributed by atoms with van der Waals surface area (Å²) in [7, 11) is 0. The molecule has 1 aliphatic heterocycles. The lowest BCUT2D eigenvalue weighted by Crippen LogP contribution is -2.33. The zero-order valence-corrected chi connectivity index (χ0v) is 11.0. The number of nitrogens with zero attached hydrogens (tertiary/aromatic N) is 2. The number of hydrogen-bond acceptors (Lipinski definition) is 2. The summed E-state index contributed by atoms with van der Waals surface area (Å²) in [5.74, 6) is 0.611. The maximum absolute atomic E-state index is 9.19. The number of halogens is 1. The molecule has 0 radical (unpaired) electrons. The number of anilines is 1. The van der Waals surface area contributed by atoms with Crippen LogP contribution in [-0.4, -0.2) is 12.6 Å². The van der Waals surface area contributed by atoms with Crippen LogP contribution >= 0.6 is 11.6 Å². The Labute approximate surface area is 108 Å². The van der Waals surface area contributed by atoms with Crippen LogP contribution in [0.1, 0.15) is 32.3 Å². The minimum atomic E-state index is 0.545. The van der Waals surface area contributed by atoms with Gasteiger partial charge in [0.2, 0.25) is 0 Å². The Morgan fingerprint density at radius 2 is 2.24 bits per heavy atom. The molecule has 0 N–H and O–H groups in total. The van der Waals surface area contributed by atoms with Gasteiger partial charge >= 0.3 is 0 Å². The van der Waals surface area contributed by atoms with Gasteiger partial charge in [0.1, 0.15) is 6.07 Å². The highest BCUT2D eigenvalue weighted by Crippen LogP contribution is 2.32. The Balaban J connectivity index is 2.37. The largest absolute Gasteiger partial charge is 0.367 e. The summed E-state index contributed by atoms with van der Waals surface area (Å²) < 4.78 is 0. The predicted octanol–water partition coefficient (Wildman–Crippen LogP) is 3.84. The van der Waals surface area contributed by atoms with E-state index in [9.17, 15) is 5.26 Å². The Morgan fingerprint density at radius 3 is 2.88 bits per heavy atom. The zero-order chi connectivity index (χ0) is 12.4. The van der Waals surface area contributed by atoms with Gasteiger partial charge in [-0.3, -0.25) is 0 Å². The van der Waals surface area contributed by atoms with Gasteiger partial charge in [0.15, 0.2) is 0 Å². The monoisotopic (exact) mass is 248 g/mol. The quantitative estimate of drug-likeness (QED) is 0.795. The molecule has 1 aromatic rings. The van der Waals surface area contributed by atoms with E-state index < -0.39 is 0 Å². The van der Waals surface area contributed by atoms with Gasteiger partial charge in [-0.1, -0.05) is 25.4 Å². The van der Waals surface area contributed by atoms with Crippen molar-refractivity contribution in [1.82, 2.24) is 0 Å². The predicted molar refractivity (Wildman–Crippen MR) is 71.4 cm³/mol. The lowest BCUT2D eigenvalue weighted by molar-refractivity contribution is 0.492. The van der Waals surface area contributed by atoms with E-state index in [1.165, 1.54) is 12.8 Å². The second kappa shape index (κ2) is 4.98. The normalized spacial score (nSPS) is 19.7. The molecule has 1 unspecified atom stereocenters. The van der Waals surface area contributed by atoms with Crippen molar-refractivity contribution < 1.29 is 0 Å². The highest BCUT2D eigenvalue weighted by molar-refractivity contribution is 6.30. The van der Waals surface area contributed by atoms with Crippen molar-refractivity contribution in [3.63, 3.8) is 0 Å². The van der Waals surface area contributed by atoms with Crippen LogP contribution in [0.25, 0.3) is 0 Å². The molecule has 1 aromatic carbocycles. The topological polar surface area (TPSA) is 27.0 Å². The molecule has 0 amide bonds. The number of rotatable bonds is 2. The SMILES string of the molecule is CC(C)C1CCCN1c1ccc(Cl)cc1C#N. The Kier molecular flexibility index (Phi) is 3.59. The van der Waals surface area contributed by atoms with E-state index >= 15 is 0 Å². The van der Waals surface area contributed by atoms with Crippen LogP contribution in [0.2, 0.25) is 5.02 Å². The molecule has 1 aliphatic rings. The molecule has 0 bridgehead atoms. The van der Waals surface area contributed by atoms with Crippen LogP contribution in [0.3, 0.4) is 0 Å². The summed E-state index contributed by atoms with van der Waals surface area (Å²) in [5.41, 5.74) is 1.72. The average molecular weight is 249 g/mol. The lowest BCUT2D eigenvalue weighted by Gasteiger charge is -2.30. The van der Waals surface area contributed by atoms with Crippen molar-refractivity contribution in [2.45, 2.75) is 32.7 Å². The maximum atomic E-state index is 9.19. The first-order chi connectivity index (χ1) is 8.13. The van der Waals surface area contributed by atoms with Crippen molar-refractivity contribution in [2.24, 2.45) is 5.92 Å². The van der Waals surface area contributed by atoms with Crippen molar-refractivity contribution in [2.75, 3.05) is 11.4 Å². The first-order valence-corrected chi connectivity index (χ1v) is 6.47. The van der Waals surface area contributed by atoms with Gasteiger partial charge in [0.05, 0.1) is 11.3 Å². The molecule has 0 spiro atoms. The molecule has 2 rings (SSSR count). The molecule has 1 saturated heterocycles. The van der Waals surface area contributed by atoms with Crippen molar-refractivity contribution in [3.05, 3.63) is 28.8 Å². The van der Waals surface area contributed by atoms with Gasteiger partial charge in [-0.25, -0.2) is 0 Å². The molecular weight excluding hydrogens is 232 g/mol. The van der Waals surface area contributed by atoms with E-state index in [0.717, 1.165) is 12.2 Å². The van der Waals surface area contributed by atoms with Crippen LogP contribution < -0.4 is 4.90 Å². The minimum absolute atomic E-state index is 0.545. The summed E-state index contributed by atoms with van der Waals surface area (Å²) >= 11 is 5.93. The van der Waals surface area contributed by atoms with Gasteiger partial charge in [-0.05, 0) is 37.0 Å². The Hall–Kier alpha value is -1.20. The van der Waals surface area contributed by atoms with Gasteiger partial charge in [0.25, 0.3) is 0 Å². The third-order valence-electron chi connectivity index (χ3n) is 3.46. The van der Waals surface area contributed by atoms with Gasteiger partial charge in [0, 0.05) is 17.6 Å². The van der Waals surface area contributed by atoms with Crippen LogP contribution in [0, 0.1) is 17.2 Å². The second-order valence-electron chi connectivity index (χ2n) is 4.92. The van der Waals surface area contributed by atoms with Crippen molar-refractivity contribution in [1.29, 1.82) is 5.26 Å². The van der Waals surface area contributed by atoms with E-state index in [-0.39, 0.29) is 0 Å². The first kappa shape index (κ1) is 12.3. The zero-order valence-electron chi connectivity index (χ0n) is 10.3. The third kappa shape index (κ3) is 2.40. The fourth-order valence-electron chi connectivity index (χ4n) is 2.63. The molecular formula is C14H17ClN2. The molecule has 0 aromatic heterocycles. The number of hydrogen-bond donors (Lipinski definition) is 0. The highest BCUT2D eigenvalue weighted by atomic mass is 35.5. The average Bonchev–Trinajstić information content (AvgIpc) is 2.77. The molecule has 1 heterocycles. The summed E-state index contributed by atoms with van der Waals surface area (Å²) in [6.45, 7) is 5.52. The molecule has 0 saturated carbocycles. The summed E-state index contributed by atoms with van der Waals surface area (Å²) in [4.78, 5) is 2.36. The molecule has 1 fully saturated rings. The minimum Gasteiger partial charge on any atom is -0.367 e. The van der Waals surface area contributed by atoms with Crippen LogP contribution in [-0.2, 0) is 0 Å². The van der Waals surface area contributed by atoms with Crippen LogP contribution in [0.5, 0.6) is 0 Å². The maximum Gasteiger partial charge on any atom is 0.101 e.